The SMILES string of the molecule is N/C(=C\C(=Nc1ccc(F)cc1)c1cccc2c1COC2)C(=O)NC/C=C\S. The maximum absolute atomic E-state index is 13.2. The highest BCUT2D eigenvalue weighted by Crippen LogP contribution is 2.26. The van der Waals surface area contributed by atoms with Crippen LogP contribution in [0.25, 0.3) is 0 Å². The molecule has 5 nitrogen and oxygen atoms in total. The summed E-state index contributed by atoms with van der Waals surface area (Å²) in [6.45, 7) is 1.30. The minimum atomic E-state index is -0.415. The van der Waals surface area contributed by atoms with E-state index < -0.39 is 5.91 Å². The lowest BCUT2D eigenvalue weighted by Crippen LogP contribution is -2.29. The largest absolute Gasteiger partial charge is 0.394 e. The molecule has 0 bridgehead atoms. The molecule has 28 heavy (non-hydrogen) atoms. The molecule has 2 aromatic carbocycles. The van der Waals surface area contributed by atoms with Crippen molar-refractivity contribution < 1.29 is 13.9 Å². The number of halogens is 1. The zero-order chi connectivity index (χ0) is 19.9. The third kappa shape index (κ3) is 4.88. The minimum absolute atomic E-state index is 0.0185. The van der Waals surface area contributed by atoms with Crippen molar-refractivity contribution in [3.05, 3.63) is 88.2 Å². The highest BCUT2D eigenvalue weighted by Gasteiger charge is 2.18. The number of carbonyl (C=O) groups excluding carboxylic acids is 1. The summed E-state index contributed by atoms with van der Waals surface area (Å²) in [4.78, 5) is 16.8. The molecule has 0 spiro atoms. The molecule has 0 aliphatic carbocycles. The second-order valence-corrected chi connectivity index (χ2v) is 6.40. The van der Waals surface area contributed by atoms with Crippen LogP contribution in [0.5, 0.6) is 0 Å². The Bertz CT molecular complexity index is 953. The van der Waals surface area contributed by atoms with E-state index >= 15 is 0 Å². The molecule has 0 atom stereocenters. The quantitative estimate of drug-likeness (QED) is 0.397. The average Bonchev–Trinajstić information content (AvgIpc) is 3.18. The number of carbonyl (C=O) groups is 1. The van der Waals surface area contributed by atoms with Crippen molar-refractivity contribution in [3.63, 3.8) is 0 Å². The monoisotopic (exact) mass is 397 g/mol. The summed E-state index contributed by atoms with van der Waals surface area (Å²) < 4.78 is 18.8. The molecular weight excluding hydrogens is 377 g/mol. The maximum Gasteiger partial charge on any atom is 0.267 e. The summed E-state index contributed by atoms with van der Waals surface area (Å²) in [5, 5.41) is 4.20. The van der Waals surface area contributed by atoms with Crippen LogP contribution in [0.4, 0.5) is 10.1 Å². The Hall–Kier alpha value is -2.90. The van der Waals surface area contributed by atoms with Gasteiger partial charge in [0.1, 0.15) is 5.82 Å². The molecule has 0 radical (unpaired) electrons. The van der Waals surface area contributed by atoms with E-state index in [9.17, 15) is 9.18 Å². The first kappa shape index (κ1) is 19.9. The molecule has 1 aliphatic rings. The van der Waals surface area contributed by atoms with Gasteiger partial charge >= 0.3 is 0 Å². The van der Waals surface area contributed by atoms with Gasteiger partial charge in [-0.05, 0) is 46.9 Å². The number of nitrogens with one attached hydrogen (secondary N) is 1. The normalized spacial score (nSPS) is 14.4. The topological polar surface area (TPSA) is 76.7 Å². The summed E-state index contributed by atoms with van der Waals surface area (Å²) in [5.41, 5.74) is 9.97. The number of nitrogens with zero attached hydrogens (tertiary/aromatic N) is 1. The van der Waals surface area contributed by atoms with E-state index in [1.807, 2.05) is 18.2 Å². The molecule has 3 rings (SSSR count). The van der Waals surface area contributed by atoms with Gasteiger partial charge in [0.15, 0.2) is 0 Å². The molecule has 0 saturated carbocycles. The molecule has 144 valence electrons. The first-order chi connectivity index (χ1) is 13.6. The first-order valence-corrected chi connectivity index (χ1v) is 9.18. The van der Waals surface area contributed by atoms with E-state index in [4.69, 9.17) is 10.5 Å². The third-order valence-corrected chi connectivity index (χ3v) is 4.38. The summed E-state index contributed by atoms with van der Waals surface area (Å²) in [6.07, 6.45) is 3.21. The van der Waals surface area contributed by atoms with Crippen LogP contribution in [0.2, 0.25) is 0 Å². The number of fused-ring (bicyclic) bond motifs is 1. The lowest BCUT2D eigenvalue weighted by atomic mass is 9.98. The number of thiol groups is 1. The van der Waals surface area contributed by atoms with Gasteiger partial charge in [-0.2, -0.15) is 12.6 Å². The van der Waals surface area contributed by atoms with Gasteiger partial charge in [-0.25, -0.2) is 9.38 Å². The Morgan fingerprint density at radius 2 is 2.04 bits per heavy atom. The fourth-order valence-electron chi connectivity index (χ4n) is 2.79. The lowest BCUT2D eigenvalue weighted by Gasteiger charge is -2.10. The van der Waals surface area contributed by atoms with Crippen LogP contribution in [0, 0.1) is 5.82 Å². The van der Waals surface area contributed by atoms with Gasteiger partial charge in [-0.15, -0.1) is 0 Å². The van der Waals surface area contributed by atoms with E-state index in [2.05, 4.69) is 22.9 Å². The highest BCUT2D eigenvalue weighted by atomic mass is 32.1. The summed E-state index contributed by atoms with van der Waals surface area (Å²) in [6, 6.07) is 11.6. The summed E-state index contributed by atoms with van der Waals surface area (Å²) in [7, 11) is 0. The Balaban J connectivity index is 2.00. The highest BCUT2D eigenvalue weighted by molar-refractivity contribution is 7.83. The van der Waals surface area contributed by atoms with Crippen molar-refractivity contribution in [2.24, 2.45) is 10.7 Å². The number of aliphatic imine (C=N–C) groups is 1. The van der Waals surface area contributed by atoms with E-state index in [-0.39, 0.29) is 11.5 Å². The van der Waals surface area contributed by atoms with Crippen molar-refractivity contribution in [2.75, 3.05) is 6.54 Å². The minimum Gasteiger partial charge on any atom is -0.394 e. The van der Waals surface area contributed by atoms with Crippen LogP contribution >= 0.6 is 12.6 Å². The Kier molecular flexibility index (Phi) is 6.62. The van der Waals surface area contributed by atoms with E-state index in [0.29, 0.717) is 31.2 Å². The van der Waals surface area contributed by atoms with Crippen LogP contribution in [0.1, 0.15) is 16.7 Å². The van der Waals surface area contributed by atoms with Gasteiger partial charge in [0, 0.05) is 12.1 Å². The van der Waals surface area contributed by atoms with Crippen LogP contribution in [0.3, 0.4) is 0 Å². The number of allylic oxidation sites excluding steroid dienone is 1. The van der Waals surface area contributed by atoms with Gasteiger partial charge in [0.25, 0.3) is 5.91 Å². The number of hydrogen-bond acceptors (Lipinski definition) is 5. The molecule has 0 fully saturated rings. The first-order valence-electron chi connectivity index (χ1n) is 8.66. The van der Waals surface area contributed by atoms with Crippen molar-refractivity contribution in [1.29, 1.82) is 0 Å². The molecule has 1 heterocycles. The maximum atomic E-state index is 13.2. The number of amides is 1. The smallest absolute Gasteiger partial charge is 0.267 e. The molecule has 3 N–H and O–H groups in total. The number of rotatable bonds is 6. The van der Waals surface area contributed by atoms with Gasteiger partial charge in [0.2, 0.25) is 0 Å². The van der Waals surface area contributed by atoms with Crippen LogP contribution < -0.4 is 11.1 Å². The zero-order valence-electron chi connectivity index (χ0n) is 15.1. The number of hydrogen-bond donors (Lipinski definition) is 3. The standard InChI is InChI=1S/C21H20FN3O2S/c22-15-5-7-16(8-6-15)25-20(11-19(23)21(26)24-9-2-10-28)17-4-1-3-14-12-27-13-18(14)17/h1-8,10-11,28H,9,12-13,23H2,(H,24,26)/b10-2-,19-11-,25-20?. The second kappa shape index (κ2) is 9.34. The van der Waals surface area contributed by atoms with E-state index in [1.165, 1.54) is 23.6 Å². The predicted octanol–water partition coefficient (Wildman–Crippen LogP) is 3.38. The van der Waals surface area contributed by atoms with Crippen molar-refractivity contribution in [1.82, 2.24) is 5.32 Å². The average molecular weight is 397 g/mol. The molecule has 0 unspecified atom stereocenters. The van der Waals surface area contributed by atoms with Crippen molar-refractivity contribution in [3.8, 4) is 0 Å². The van der Waals surface area contributed by atoms with Crippen LogP contribution in [0.15, 0.2) is 70.7 Å². The Morgan fingerprint density at radius 1 is 1.25 bits per heavy atom. The molecule has 1 aliphatic heterocycles. The molecule has 2 aromatic rings. The lowest BCUT2D eigenvalue weighted by molar-refractivity contribution is -0.117. The van der Waals surface area contributed by atoms with Crippen molar-refractivity contribution in [2.45, 2.75) is 13.2 Å². The van der Waals surface area contributed by atoms with Gasteiger partial charge in [-0.3, -0.25) is 4.79 Å². The fraction of sp³-hybridized carbons (Fsp3) is 0.143. The third-order valence-electron chi connectivity index (χ3n) is 4.17. The van der Waals surface area contributed by atoms with E-state index in [1.54, 1.807) is 18.2 Å². The molecule has 1 amide bonds. The van der Waals surface area contributed by atoms with Gasteiger partial charge in [0.05, 0.1) is 30.3 Å². The number of benzene rings is 2. The number of ether oxygens (including phenoxy) is 1. The van der Waals surface area contributed by atoms with Gasteiger partial charge in [-0.1, -0.05) is 24.3 Å². The zero-order valence-corrected chi connectivity index (χ0v) is 16.0. The van der Waals surface area contributed by atoms with E-state index in [0.717, 1.165) is 16.7 Å². The summed E-state index contributed by atoms with van der Waals surface area (Å²) >= 11 is 3.94. The Labute approximate surface area is 168 Å². The van der Waals surface area contributed by atoms with Crippen LogP contribution in [-0.2, 0) is 22.7 Å². The fourth-order valence-corrected chi connectivity index (χ4v) is 2.89. The second-order valence-electron chi connectivity index (χ2n) is 6.10. The molecule has 0 aromatic heterocycles. The van der Waals surface area contributed by atoms with Crippen molar-refractivity contribution >= 4 is 29.9 Å². The van der Waals surface area contributed by atoms with Crippen LogP contribution in [-0.4, -0.2) is 18.2 Å². The molecule has 7 heteroatoms. The van der Waals surface area contributed by atoms with Gasteiger partial charge < -0.3 is 15.8 Å². The summed E-state index contributed by atoms with van der Waals surface area (Å²) in [5.74, 6) is -0.761. The predicted molar refractivity (Wildman–Crippen MR) is 111 cm³/mol. The molecule has 0 saturated heterocycles. The Morgan fingerprint density at radius 3 is 2.79 bits per heavy atom. The molecular formula is C21H20FN3O2S. The number of nitrogens with two attached hydrogens (primary N) is 1.